The minimum atomic E-state index is -0.221. The topological polar surface area (TPSA) is 26.0 Å². The van der Waals surface area contributed by atoms with Gasteiger partial charge in [-0.1, -0.05) is 23.4 Å². The predicted octanol–water partition coefficient (Wildman–Crippen LogP) is 3.63. The first kappa shape index (κ1) is 9.09. The lowest BCUT2D eigenvalue weighted by molar-refractivity contribution is 0.422. The summed E-state index contributed by atoms with van der Waals surface area (Å²) in [5.74, 6) is -0.221. The van der Waals surface area contributed by atoms with Crippen molar-refractivity contribution in [2.45, 2.75) is 0 Å². The molecule has 0 radical (unpaired) electrons. The quantitative estimate of drug-likeness (QED) is 0.616. The molecule has 0 N–H and O–H groups in total. The van der Waals surface area contributed by atoms with E-state index in [2.05, 4.69) is 5.16 Å². The molecule has 0 saturated heterocycles. The van der Waals surface area contributed by atoms with Crippen molar-refractivity contribution >= 4 is 10.8 Å². The number of fused-ring (bicyclic) bond motifs is 1. The van der Waals surface area contributed by atoms with Gasteiger partial charge in [0.15, 0.2) is 0 Å². The van der Waals surface area contributed by atoms with E-state index < -0.39 is 0 Å². The highest BCUT2D eigenvalue weighted by molar-refractivity contribution is 5.86. The van der Waals surface area contributed by atoms with E-state index >= 15 is 0 Å². The van der Waals surface area contributed by atoms with Crippen LogP contribution >= 0.6 is 0 Å². The molecule has 1 aromatic heterocycles. The van der Waals surface area contributed by atoms with E-state index in [1.165, 1.54) is 18.4 Å². The van der Waals surface area contributed by atoms with Gasteiger partial charge in [0, 0.05) is 11.6 Å². The van der Waals surface area contributed by atoms with E-state index in [1.54, 1.807) is 12.1 Å². The third-order valence-electron chi connectivity index (χ3n) is 2.54. The number of nitrogens with zero attached hydrogens (tertiary/aromatic N) is 1. The molecule has 78 valence electrons. The smallest absolute Gasteiger partial charge is 0.124 e. The Morgan fingerprint density at radius 3 is 2.56 bits per heavy atom. The van der Waals surface area contributed by atoms with Gasteiger partial charge in [0.05, 0.1) is 0 Å². The predicted molar refractivity (Wildman–Crippen MR) is 59.4 cm³/mol. The van der Waals surface area contributed by atoms with Gasteiger partial charge in [0.25, 0.3) is 0 Å². The Labute approximate surface area is 91.3 Å². The molecule has 2 aromatic carbocycles. The molecule has 0 aliphatic carbocycles. The zero-order valence-electron chi connectivity index (χ0n) is 8.35. The van der Waals surface area contributed by atoms with Crippen LogP contribution in [0, 0.1) is 5.82 Å². The lowest BCUT2D eigenvalue weighted by Gasteiger charge is -2.00. The maximum absolute atomic E-state index is 13.0. The minimum absolute atomic E-state index is 0.221. The van der Waals surface area contributed by atoms with Gasteiger partial charge in [-0.2, -0.15) is 0 Å². The second-order valence-electron chi connectivity index (χ2n) is 3.59. The molecule has 0 saturated carbocycles. The van der Waals surface area contributed by atoms with Crippen LogP contribution in [-0.4, -0.2) is 5.16 Å². The number of benzene rings is 2. The molecule has 3 heteroatoms. The highest BCUT2D eigenvalue weighted by Gasteiger charge is 2.02. The average Bonchev–Trinajstić information content (AvgIpc) is 2.82. The second kappa shape index (κ2) is 3.45. The Bertz CT molecular complexity index is 631. The first-order chi connectivity index (χ1) is 7.83. The Balaban J connectivity index is 2.20. The molecule has 0 bridgehead atoms. The van der Waals surface area contributed by atoms with E-state index in [0.717, 1.165) is 22.0 Å². The SMILES string of the molecule is Fc1ccc2cc(-c3ccon3)ccc2c1. The summed E-state index contributed by atoms with van der Waals surface area (Å²) in [4.78, 5) is 0. The lowest BCUT2D eigenvalue weighted by Crippen LogP contribution is -1.80. The first-order valence-corrected chi connectivity index (χ1v) is 4.93. The number of hydrogen-bond donors (Lipinski definition) is 0. The molecule has 1 heterocycles. The maximum atomic E-state index is 13.0. The largest absolute Gasteiger partial charge is 0.364 e. The summed E-state index contributed by atoms with van der Waals surface area (Å²) in [5, 5.41) is 5.73. The zero-order valence-corrected chi connectivity index (χ0v) is 8.35. The molecule has 0 atom stereocenters. The van der Waals surface area contributed by atoms with E-state index in [0.29, 0.717) is 0 Å². The Hall–Kier alpha value is -2.16. The Kier molecular flexibility index (Phi) is 1.96. The van der Waals surface area contributed by atoms with Gasteiger partial charge in [0.2, 0.25) is 0 Å². The summed E-state index contributed by atoms with van der Waals surface area (Å²) >= 11 is 0. The van der Waals surface area contributed by atoms with Gasteiger partial charge in [-0.15, -0.1) is 0 Å². The van der Waals surface area contributed by atoms with Gasteiger partial charge in [-0.05, 0) is 29.0 Å². The number of halogens is 1. The van der Waals surface area contributed by atoms with Crippen molar-refractivity contribution in [3.63, 3.8) is 0 Å². The fourth-order valence-corrected chi connectivity index (χ4v) is 1.74. The van der Waals surface area contributed by atoms with Gasteiger partial charge < -0.3 is 4.52 Å². The van der Waals surface area contributed by atoms with E-state index in [-0.39, 0.29) is 5.82 Å². The zero-order chi connectivity index (χ0) is 11.0. The van der Waals surface area contributed by atoms with Gasteiger partial charge >= 0.3 is 0 Å². The number of aromatic nitrogens is 1. The van der Waals surface area contributed by atoms with E-state index in [4.69, 9.17) is 4.52 Å². The highest BCUT2D eigenvalue weighted by Crippen LogP contribution is 2.23. The van der Waals surface area contributed by atoms with Crippen molar-refractivity contribution in [2.24, 2.45) is 0 Å². The molecule has 0 fully saturated rings. The van der Waals surface area contributed by atoms with Crippen molar-refractivity contribution < 1.29 is 8.91 Å². The van der Waals surface area contributed by atoms with Crippen LogP contribution < -0.4 is 0 Å². The fourth-order valence-electron chi connectivity index (χ4n) is 1.74. The standard InChI is InChI=1S/C13H8FNO/c14-12-4-3-9-7-11(2-1-10(9)8-12)13-5-6-16-15-13/h1-8H. The molecule has 2 nitrogen and oxygen atoms in total. The summed E-state index contributed by atoms with van der Waals surface area (Å²) < 4.78 is 17.8. The molecular weight excluding hydrogens is 205 g/mol. The van der Waals surface area contributed by atoms with Crippen molar-refractivity contribution in [3.8, 4) is 11.3 Å². The molecule has 16 heavy (non-hydrogen) atoms. The molecule has 3 aromatic rings. The average molecular weight is 213 g/mol. The van der Waals surface area contributed by atoms with Crippen LogP contribution in [0.25, 0.3) is 22.0 Å². The molecule has 0 aliphatic heterocycles. The highest BCUT2D eigenvalue weighted by atomic mass is 19.1. The van der Waals surface area contributed by atoms with Crippen LogP contribution in [-0.2, 0) is 0 Å². The van der Waals surface area contributed by atoms with Crippen molar-refractivity contribution in [1.29, 1.82) is 0 Å². The molecular formula is C13H8FNO. The van der Waals surface area contributed by atoms with Crippen LogP contribution in [0.5, 0.6) is 0 Å². The molecule has 0 unspecified atom stereocenters. The summed E-state index contributed by atoms with van der Waals surface area (Å²) in [5.41, 5.74) is 1.75. The fraction of sp³-hybridized carbons (Fsp3) is 0. The maximum Gasteiger partial charge on any atom is 0.124 e. The van der Waals surface area contributed by atoms with Crippen molar-refractivity contribution in [2.75, 3.05) is 0 Å². The van der Waals surface area contributed by atoms with E-state index in [1.807, 2.05) is 18.2 Å². The van der Waals surface area contributed by atoms with Crippen LogP contribution in [0.3, 0.4) is 0 Å². The van der Waals surface area contributed by atoms with Crippen LogP contribution in [0.2, 0.25) is 0 Å². The van der Waals surface area contributed by atoms with Crippen LogP contribution in [0.1, 0.15) is 0 Å². The normalized spacial score (nSPS) is 10.8. The van der Waals surface area contributed by atoms with Gasteiger partial charge in [-0.3, -0.25) is 0 Å². The summed E-state index contributed by atoms with van der Waals surface area (Å²) in [6, 6.07) is 12.3. The Morgan fingerprint density at radius 1 is 0.938 bits per heavy atom. The molecule has 3 rings (SSSR count). The molecule has 0 aliphatic rings. The monoisotopic (exact) mass is 213 g/mol. The van der Waals surface area contributed by atoms with Crippen molar-refractivity contribution in [1.82, 2.24) is 5.16 Å². The minimum Gasteiger partial charge on any atom is -0.364 e. The first-order valence-electron chi connectivity index (χ1n) is 4.93. The van der Waals surface area contributed by atoms with Crippen LogP contribution in [0.15, 0.2) is 53.3 Å². The second-order valence-corrected chi connectivity index (χ2v) is 3.59. The number of rotatable bonds is 1. The third-order valence-corrected chi connectivity index (χ3v) is 2.54. The summed E-state index contributed by atoms with van der Waals surface area (Å²) in [7, 11) is 0. The van der Waals surface area contributed by atoms with Gasteiger partial charge in [-0.25, -0.2) is 4.39 Å². The molecule has 0 amide bonds. The number of hydrogen-bond acceptors (Lipinski definition) is 2. The summed E-state index contributed by atoms with van der Waals surface area (Å²) in [6.07, 6.45) is 1.53. The Morgan fingerprint density at radius 2 is 1.75 bits per heavy atom. The van der Waals surface area contributed by atoms with Crippen LogP contribution in [0.4, 0.5) is 4.39 Å². The summed E-state index contributed by atoms with van der Waals surface area (Å²) in [6.45, 7) is 0. The third kappa shape index (κ3) is 1.46. The van der Waals surface area contributed by atoms with Crippen molar-refractivity contribution in [3.05, 3.63) is 54.5 Å². The molecule has 0 spiro atoms. The lowest BCUT2D eigenvalue weighted by atomic mass is 10.1. The van der Waals surface area contributed by atoms with Gasteiger partial charge in [0.1, 0.15) is 17.8 Å². The van der Waals surface area contributed by atoms with E-state index in [9.17, 15) is 4.39 Å².